The minimum absolute atomic E-state index is 0.764. The maximum atomic E-state index is 6.22. The molecule has 2 nitrogen and oxygen atoms in total. The number of ether oxygens (including phenoxy) is 2. The van der Waals surface area contributed by atoms with Gasteiger partial charge in [0.05, 0.1) is 13.7 Å². The third kappa shape index (κ3) is 3.12. The van der Waals surface area contributed by atoms with Gasteiger partial charge in [-0.1, -0.05) is 74.7 Å². The number of methoxy groups -OCH3 is 1. The summed E-state index contributed by atoms with van der Waals surface area (Å²) in [5, 5.41) is 4.46. The molecule has 23 heavy (non-hydrogen) atoms. The molecule has 120 valence electrons. The molecule has 0 N–H and O–H groups in total. The zero-order chi connectivity index (χ0) is 16.1. The lowest BCUT2D eigenvalue weighted by molar-refractivity contribution is 0.311. The lowest BCUT2D eigenvalue weighted by Gasteiger charge is -2.16. The van der Waals surface area contributed by atoms with Crippen molar-refractivity contribution in [3.8, 4) is 11.5 Å². The zero-order valence-corrected chi connectivity index (χ0v) is 14.0. The normalized spacial score (nSPS) is 11.0. The quantitative estimate of drug-likeness (QED) is 0.396. The smallest absolute Gasteiger partial charge is 0.135 e. The predicted molar refractivity (Wildman–Crippen MR) is 97.6 cm³/mol. The molecule has 0 saturated carbocycles. The van der Waals surface area contributed by atoms with Gasteiger partial charge in [-0.2, -0.15) is 0 Å². The van der Waals surface area contributed by atoms with E-state index in [1.807, 2.05) is 12.1 Å². The van der Waals surface area contributed by atoms with Crippen LogP contribution in [0.5, 0.6) is 11.5 Å². The van der Waals surface area contributed by atoms with E-state index in [0.717, 1.165) is 46.1 Å². The van der Waals surface area contributed by atoms with Gasteiger partial charge in [0, 0.05) is 21.5 Å². The van der Waals surface area contributed by atoms with Gasteiger partial charge >= 0.3 is 0 Å². The largest absolute Gasteiger partial charge is 0.495 e. The van der Waals surface area contributed by atoms with E-state index < -0.39 is 0 Å². The maximum Gasteiger partial charge on any atom is 0.135 e. The fourth-order valence-corrected chi connectivity index (χ4v) is 3.13. The lowest BCUT2D eigenvalue weighted by atomic mass is 10.0. The van der Waals surface area contributed by atoms with E-state index in [-0.39, 0.29) is 0 Å². The van der Waals surface area contributed by atoms with E-state index >= 15 is 0 Å². The maximum absolute atomic E-state index is 6.22. The van der Waals surface area contributed by atoms with Crippen molar-refractivity contribution in [2.75, 3.05) is 13.7 Å². The summed E-state index contributed by atoms with van der Waals surface area (Å²) in [6, 6.07) is 16.6. The monoisotopic (exact) mass is 308 g/mol. The molecule has 0 aliphatic carbocycles. The lowest BCUT2D eigenvalue weighted by Crippen LogP contribution is -2.00. The highest BCUT2D eigenvalue weighted by Crippen LogP contribution is 2.42. The van der Waals surface area contributed by atoms with E-state index in [9.17, 15) is 0 Å². The van der Waals surface area contributed by atoms with Crippen LogP contribution in [-0.2, 0) is 0 Å². The molecule has 0 aromatic heterocycles. The molecule has 0 aliphatic heterocycles. The van der Waals surface area contributed by atoms with Crippen LogP contribution in [0.4, 0.5) is 0 Å². The topological polar surface area (TPSA) is 18.5 Å². The Morgan fingerprint density at radius 2 is 1.22 bits per heavy atom. The minimum Gasteiger partial charge on any atom is -0.495 e. The molecule has 0 bridgehead atoms. The Bertz CT molecular complexity index is 735. The van der Waals surface area contributed by atoms with Crippen LogP contribution in [0.1, 0.15) is 32.6 Å². The molecule has 0 unspecified atom stereocenters. The van der Waals surface area contributed by atoms with Crippen molar-refractivity contribution in [2.24, 2.45) is 0 Å². The number of hydrogen-bond acceptors (Lipinski definition) is 2. The standard InChI is InChI=1S/C21H24O2/c1-3-4-5-10-15-23-21-18-13-8-6-11-16(18)20(22-2)17-12-7-9-14-19(17)21/h6-9,11-14H,3-5,10,15H2,1-2H3. The molecule has 0 saturated heterocycles. The number of fused-ring (bicyclic) bond motifs is 2. The van der Waals surface area contributed by atoms with Crippen LogP contribution in [-0.4, -0.2) is 13.7 Å². The van der Waals surface area contributed by atoms with Crippen LogP contribution in [0.15, 0.2) is 48.5 Å². The van der Waals surface area contributed by atoms with Crippen LogP contribution < -0.4 is 9.47 Å². The third-order valence-electron chi connectivity index (χ3n) is 4.28. The van der Waals surface area contributed by atoms with Crippen LogP contribution >= 0.6 is 0 Å². The predicted octanol–water partition coefficient (Wildman–Crippen LogP) is 5.96. The molecule has 3 aromatic carbocycles. The molecule has 0 spiro atoms. The summed E-state index contributed by atoms with van der Waals surface area (Å²) >= 11 is 0. The van der Waals surface area contributed by atoms with Crippen molar-refractivity contribution < 1.29 is 9.47 Å². The van der Waals surface area contributed by atoms with Crippen LogP contribution in [0.2, 0.25) is 0 Å². The Morgan fingerprint density at radius 3 is 1.70 bits per heavy atom. The Balaban J connectivity index is 2.06. The van der Waals surface area contributed by atoms with Crippen molar-refractivity contribution in [1.82, 2.24) is 0 Å². The third-order valence-corrected chi connectivity index (χ3v) is 4.28. The highest BCUT2D eigenvalue weighted by atomic mass is 16.5. The Kier molecular flexibility index (Phi) is 5.02. The molecule has 0 heterocycles. The van der Waals surface area contributed by atoms with Gasteiger partial charge in [0.2, 0.25) is 0 Å². The molecular weight excluding hydrogens is 284 g/mol. The second-order valence-corrected chi connectivity index (χ2v) is 5.86. The highest BCUT2D eigenvalue weighted by molar-refractivity contribution is 6.11. The fourth-order valence-electron chi connectivity index (χ4n) is 3.13. The second-order valence-electron chi connectivity index (χ2n) is 5.86. The Hall–Kier alpha value is -2.22. The van der Waals surface area contributed by atoms with Crippen LogP contribution in [0.25, 0.3) is 21.5 Å². The summed E-state index contributed by atoms with van der Waals surface area (Å²) in [6.07, 6.45) is 4.84. The van der Waals surface area contributed by atoms with Crippen molar-refractivity contribution in [2.45, 2.75) is 32.6 Å². The van der Waals surface area contributed by atoms with Crippen molar-refractivity contribution in [3.63, 3.8) is 0 Å². The molecule has 0 fully saturated rings. The summed E-state index contributed by atoms with van der Waals surface area (Å²) in [6.45, 7) is 2.99. The second kappa shape index (κ2) is 7.36. The number of unbranched alkanes of at least 4 members (excludes halogenated alkanes) is 3. The summed E-state index contributed by atoms with van der Waals surface area (Å²) in [7, 11) is 1.74. The SMILES string of the molecule is CCCCCCOc1c2ccccc2c(OC)c2ccccc12. The first-order valence-electron chi connectivity index (χ1n) is 8.47. The van der Waals surface area contributed by atoms with Gasteiger partial charge in [-0.25, -0.2) is 0 Å². The summed E-state index contributed by atoms with van der Waals surface area (Å²) in [5.74, 6) is 1.91. The number of hydrogen-bond donors (Lipinski definition) is 0. The van der Waals surface area contributed by atoms with Gasteiger partial charge < -0.3 is 9.47 Å². The van der Waals surface area contributed by atoms with E-state index in [4.69, 9.17) is 9.47 Å². The molecule has 3 rings (SSSR count). The van der Waals surface area contributed by atoms with E-state index in [2.05, 4.69) is 43.3 Å². The van der Waals surface area contributed by atoms with Crippen molar-refractivity contribution in [1.29, 1.82) is 0 Å². The van der Waals surface area contributed by atoms with Gasteiger partial charge in [0.25, 0.3) is 0 Å². The summed E-state index contributed by atoms with van der Waals surface area (Å²) < 4.78 is 11.9. The average molecular weight is 308 g/mol. The van der Waals surface area contributed by atoms with Gasteiger partial charge in [0.1, 0.15) is 11.5 Å². The fraction of sp³-hybridized carbons (Fsp3) is 0.333. The number of rotatable bonds is 7. The molecule has 0 radical (unpaired) electrons. The molecule has 0 atom stereocenters. The van der Waals surface area contributed by atoms with Gasteiger partial charge in [-0.05, 0) is 6.42 Å². The Morgan fingerprint density at radius 1 is 0.696 bits per heavy atom. The first-order valence-corrected chi connectivity index (χ1v) is 8.47. The van der Waals surface area contributed by atoms with Crippen molar-refractivity contribution in [3.05, 3.63) is 48.5 Å². The average Bonchev–Trinajstić information content (AvgIpc) is 2.61. The number of benzene rings is 3. The summed E-state index contributed by atoms with van der Waals surface area (Å²) in [5.41, 5.74) is 0. The van der Waals surface area contributed by atoms with E-state index in [1.165, 1.54) is 19.3 Å². The van der Waals surface area contributed by atoms with Crippen molar-refractivity contribution >= 4 is 21.5 Å². The van der Waals surface area contributed by atoms with Gasteiger partial charge in [-0.3, -0.25) is 0 Å². The molecule has 2 heteroatoms. The molecule has 3 aromatic rings. The highest BCUT2D eigenvalue weighted by Gasteiger charge is 2.14. The van der Waals surface area contributed by atoms with Gasteiger partial charge in [-0.15, -0.1) is 0 Å². The molecule has 0 aliphatic rings. The van der Waals surface area contributed by atoms with Crippen LogP contribution in [0.3, 0.4) is 0 Å². The first-order chi connectivity index (χ1) is 11.4. The minimum atomic E-state index is 0.764. The first kappa shape index (κ1) is 15.7. The molecular formula is C21H24O2. The van der Waals surface area contributed by atoms with Crippen LogP contribution in [0, 0.1) is 0 Å². The molecule has 0 amide bonds. The van der Waals surface area contributed by atoms with E-state index in [0.29, 0.717) is 0 Å². The van der Waals surface area contributed by atoms with Gasteiger partial charge in [0.15, 0.2) is 0 Å². The van der Waals surface area contributed by atoms with E-state index in [1.54, 1.807) is 7.11 Å². The zero-order valence-electron chi connectivity index (χ0n) is 14.0. The summed E-state index contributed by atoms with van der Waals surface area (Å²) in [4.78, 5) is 0. The Labute approximate surface area is 138 Å².